The summed E-state index contributed by atoms with van der Waals surface area (Å²) in [6.45, 7) is 2.84. The van der Waals surface area contributed by atoms with Gasteiger partial charge in [0.15, 0.2) is 0 Å². The highest BCUT2D eigenvalue weighted by Gasteiger charge is 2.57. The van der Waals surface area contributed by atoms with E-state index in [-0.39, 0.29) is 11.9 Å². The van der Waals surface area contributed by atoms with Crippen LogP contribution in [0.15, 0.2) is 24.3 Å². The Bertz CT molecular complexity index is 664. The van der Waals surface area contributed by atoms with Gasteiger partial charge in [-0.3, -0.25) is 14.4 Å². The van der Waals surface area contributed by atoms with Crippen molar-refractivity contribution in [3.63, 3.8) is 0 Å². The standard InChI is InChI=1S/C18H22N2O4/c1-12-4-2-3-11-20(12)15(21)13-5-7-14(8-6-13)19-16(22)18(9-10-18)17(23)24/h5-8,12H,2-4,9-11H2,1H3,(H,19,22)(H,23,24). The maximum atomic E-state index is 12.6. The molecule has 2 N–H and O–H groups in total. The molecule has 0 aromatic heterocycles. The molecule has 1 aromatic carbocycles. The lowest BCUT2D eigenvalue weighted by Gasteiger charge is -2.33. The fourth-order valence-electron chi connectivity index (χ4n) is 3.18. The topological polar surface area (TPSA) is 86.7 Å². The number of piperidine rings is 1. The molecule has 24 heavy (non-hydrogen) atoms. The fraction of sp³-hybridized carbons (Fsp3) is 0.500. The lowest BCUT2D eigenvalue weighted by Crippen LogP contribution is -2.42. The van der Waals surface area contributed by atoms with Gasteiger partial charge >= 0.3 is 5.97 Å². The quantitative estimate of drug-likeness (QED) is 0.831. The minimum atomic E-state index is -1.27. The number of hydrogen-bond acceptors (Lipinski definition) is 3. The molecule has 128 valence electrons. The highest BCUT2D eigenvalue weighted by Crippen LogP contribution is 2.46. The van der Waals surface area contributed by atoms with Crippen molar-refractivity contribution >= 4 is 23.5 Å². The van der Waals surface area contributed by atoms with Gasteiger partial charge in [-0.1, -0.05) is 0 Å². The van der Waals surface area contributed by atoms with Crippen molar-refractivity contribution in [2.24, 2.45) is 5.41 Å². The van der Waals surface area contributed by atoms with Gasteiger partial charge in [-0.2, -0.15) is 0 Å². The Balaban J connectivity index is 1.66. The van der Waals surface area contributed by atoms with E-state index in [4.69, 9.17) is 5.11 Å². The molecule has 2 amide bonds. The van der Waals surface area contributed by atoms with Gasteiger partial charge in [-0.05, 0) is 63.3 Å². The van der Waals surface area contributed by atoms with E-state index in [9.17, 15) is 14.4 Å². The van der Waals surface area contributed by atoms with E-state index >= 15 is 0 Å². The summed E-state index contributed by atoms with van der Waals surface area (Å²) >= 11 is 0. The van der Waals surface area contributed by atoms with Crippen LogP contribution in [0.4, 0.5) is 5.69 Å². The second-order valence-electron chi connectivity index (χ2n) is 6.76. The molecule has 0 radical (unpaired) electrons. The van der Waals surface area contributed by atoms with Crippen LogP contribution in [0.1, 0.15) is 49.4 Å². The Hall–Kier alpha value is -2.37. The third-order valence-corrected chi connectivity index (χ3v) is 5.05. The van der Waals surface area contributed by atoms with Crippen LogP contribution in [0.2, 0.25) is 0 Å². The third kappa shape index (κ3) is 3.00. The van der Waals surface area contributed by atoms with Crippen molar-refractivity contribution in [1.29, 1.82) is 0 Å². The largest absolute Gasteiger partial charge is 0.480 e. The Morgan fingerprint density at radius 3 is 2.38 bits per heavy atom. The molecule has 0 spiro atoms. The summed E-state index contributed by atoms with van der Waals surface area (Å²) in [5.74, 6) is -1.56. The number of rotatable bonds is 4. The maximum Gasteiger partial charge on any atom is 0.319 e. The van der Waals surface area contributed by atoms with Gasteiger partial charge < -0.3 is 15.3 Å². The first-order chi connectivity index (χ1) is 11.4. The summed E-state index contributed by atoms with van der Waals surface area (Å²) in [6.07, 6.45) is 3.95. The number of benzene rings is 1. The zero-order valence-corrected chi connectivity index (χ0v) is 13.7. The average Bonchev–Trinajstić information content (AvgIpc) is 3.37. The normalized spacial score (nSPS) is 21.9. The number of carboxylic acid groups (broad SMARTS) is 1. The van der Waals surface area contributed by atoms with Gasteiger partial charge in [-0.25, -0.2) is 0 Å². The molecular weight excluding hydrogens is 308 g/mol. The molecule has 1 aliphatic carbocycles. The second-order valence-corrected chi connectivity index (χ2v) is 6.76. The Labute approximate surface area is 140 Å². The first-order valence-corrected chi connectivity index (χ1v) is 8.40. The lowest BCUT2D eigenvalue weighted by atomic mass is 10.0. The van der Waals surface area contributed by atoms with Crippen LogP contribution in [-0.4, -0.2) is 40.4 Å². The average molecular weight is 330 g/mol. The first kappa shape index (κ1) is 16.5. The molecule has 6 heteroatoms. The highest BCUT2D eigenvalue weighted by atomic mass is 16.4. The van der Waals surface area contributed by atoms with Crippen LogP contribution in [0.3, 0.4) is 0 Å². The molecule has 3 rings (SSSR count). The Morgan fingerprint density at radius 2 is 1.83 bits per heavy atom. The van der Waals surface area contributed by atoms with Crippen LogP contribution >= 0.6 is 0 Å². The van der Waals surface area contributed by atoms with Crippen LogP contribution in [0.25, 0.3) is 0 Å². The Morgan fingerprint density at radius 1 is 1.17 bits per heavy atom. The molecule has 1 atom stereocenters. The highest BCUT2D eigenvalue weighted by molar-refractivity contribution is 6.10. The molecule has 1 saturated heterocycles. The van der Waals surface area contributed by atoms with Crippen molar-refractivity contribution in [3.05, 3.63) is 29.8 Å². The SMILES string of the molecule is CC1CCCCN1C(=O)c1ccc(NC(=O)C2(C(=O)O)CC2)cc1. The van der Waals surface area contributed by atoms with E-state index in [0.717, 1.165) is 25.8 Å². The molecule has 1 aromatic rings. The van der Waals surface area contributed by atoms with Gasteiger partial charge in [0.1, 0.15) is 5.41 Å². The molecule has 0 bridgehead atoms. The van der Waals surface area contributed by atoms with Crippen molar-refractivity contribution in [2.45, 2.75) is 45.1 Å². The van der Waals surface area contributed by atoms with Gasteiger partial charge in [0, 0.05) is 23.8 Å². The monoisotopic (exact) mass is 330 g/mol. The zero-order chi connectivity index (χ0) is 17.3. The molecular formula is C18H22N2O4. The molecule has 2 aliphatic rings. The van der Waals surface area contributed by atoms with E-state index in [2.05, 4.69) is 12.2 Å². The number of likely N-dealkylation sites (tertiary alicyclic amines) is 1. The lowest BCUT2D eigenvalue weighted by molar-refractivity contribution is -0.147. The minimum absolute atomic E-state index is 0.00396. The third-order valence-electron chi connectivity index (χ3n) is 5.05. The molecule has 6 nitrogen and oxygen atoms in total. The number of anilines is 1. The number of nitrogens with one attached hydrogen (secondary N) is 1. The summed E-state index contributed by atoms with van der Waals surface area (Å²) in [5, 5.41) is 11.8. The van der Waals surface area contributed by atoms with Crippen LogP contribution in [-0.2, 0) is 9.59 Å². The predicted molar refractivity (Wildman–Crippen MR) is 88.7 cm³/mol. The summed E-state index contributed by atoms with van der Waals surface area (Å²) < 4.78 is 0. The Kier molecular flexibility index (Phi) is 4.30. The van der Waals surface area contributed by atoms with E-state index < -0.39 is 17.3 Å². The van der Waals surface area contributed by atoms with Crippen molar-refractivity contribution in [3.8, 4) is 0 Å². The number of amides is 2. The number of aliphatic carboxylic acids is 1. The van der Waals surface area contributed by atoms with E-state index in [1.54, 1.807) is 24.3 Å². The smallest absolute Gasteiger partial charge is 0.319 e. The van der Waals surface area contributed by atoms with Gasteiger partial charge in [0.2, 0.25) is 5.91 Å². The predicted octanol–water partition coefficient (Wildman–Crippen LogP) is 2.50. The van der Waals surface area contributed by atoms with Gasteiger partial charge in [-0.15, -0.1) is 0 Å². The minimum Gasteiger partial charge on any atom is -0.480 e. The van der Waals surface area contributed by atoms with Gasteiger partial charge in [0.05, 0.1) is 0 Å². The van der Waals surface area contributed by atoms with E-state index in [1.807, 2.05) is 4.90 Å². The number of carboxylic acids is 1. The molecule has 2 fully saturated rings. The molecule has 1 saturated carbocycles. The summed E-state index contributed by atoms with van der Waals surface area (Å²) in [5.41, 5.74) is -0.172. The number of carbonyl (C=O) groups is 3. The molecule has 1 unspecified atom stereocenters. The number of hydrogen-bond donors (Lipinski definition) is 2. The summed E-state index contributed by atoms with van der Waals surface area (Å²) in [7, 11) is 0. The molecule has 1 aliphatic heterocycles. The second kappa shape index (κ2) is 6.26. The zero-order valence-electron chi connectivity index (χ0n) is 13.7. The summed E-state index contributed by atoms with van der Waals surface area (Å²) in [4.78, 5) is 37.7. The van der Waals surface area contributed by atoms with Crippen molar-refractivity contribution < 1.29 is 19.5 Å². The first-order valence-electron chi connectivity index (χ1n) is 8.40. The van der Waals surface area contributed by atoms with Crippen LogP contribution in [0.5, 0.6) is 0 Å². The fourth-order valence-corrected chi connectivity index (χ4v) is 3.18. The van der Waals surface area contributed by atoms with Crippen molar-refractivity contribution in [1.82, 2.24) is 4.90 Å². The van der Waals surface area contributed by atoms with Crippen LogP contribution in [0, 0.1) is 5.41 Å². The maximum absolute atomic E-state index is 12.6. The van der Waals surface area contributed by atoms with E-state index in [0.29, 0.717) is 24.1 Å². The van der Waals surface area contributed by atoms with Gasteiger partial charge in [0.25, 0.3) is 5.91 Å². The molecule has 1 heterocycles. The van der Waals surface area contributed by atoms with Crippen LogP contribution < -0.4 is 5.32 Å². The van der Waals surface area contributed by atoms with E-state index in [1.165, 1.54) is 0 Å². The number of carbonyl (C=O) groups excluding carboxylic acids is 2. The number of nitrogens with zero attached hydrogens (tertiary/aromatic N) is 1. The summed E-state index contributed by atoms with van der Waals surface area (Å²) in [6, 6.07) is 6.91. The van der Waals surface area contributed by atoms with Crippen molar-refractivity contribution in [2.75, 3.05) is 11.9 Å².